The lowest BCUT2D eigenvalue weighted by atomic mass is 9.90. The molecule has 0 spiro atoms. The SMILES string of the molecule is CC(C)(C)OC(=O)[C@@H](Cc1ccccc1)C(N)(O)C#N. The lowest BCUT2D eigenvalue weighted by Crippen LogP contribution is -2.51. The van der Waals surface area contributed by atoms with Crippen LogP contribution in [0.15, 0.2) is 30.3 Å². The average Bonchev–Trinajstić information content (AvgIpc) is 2.35. The Morgan fingerprint density at radius 3 is 2.40 bits per heavy atom. The Labute approximate surface area is 119 Å². The van der Waals surface area contributed by atoms with Crippen LogP contribution in [0.2, 0.25) is 0 Å². The highest BCUT2D eigenvalue weighted by Gasteiger charge is 2.41. The first-order valence-corrected chi connectivity index (χ1v) is 6.35. The number of esters is 1. The zero-order valence-electron chi connectivity index (χ0n) is 12.0. The molecule has 1 rings (SSSR count). The molecular weight excluding hydrogens is 256 g/mol. The van der Waals surface area contributed by atoms with Gasteiger partial charge in [0.05, 0.1) is 0 Å². The maximum atomic E-state index is 12.2. The monoisotopic (exact) mass is 276 g/mol. The van der Waals surface area contributed by atoms with Crippen molar-refractivity contribution in [1.82, 2.24) is 0 Å². The second-order valence-electron chi connectivity index (χ2n) is 5.71. The predicted octanol–water partition coefficient (Wildman–Crippen LogP) is 1.36. The van der Waals surface area contributed by atoms with Crippen LogP contribution in [-0.4, -0.2) is 22.4 Å². The number of carbonyl (C=O) groups is 1. The van der Waals surface area contributed by atoms with Crippen LogP contribution in [0, 0.1) is 17.2 Å². The van der Waals surface area contributed by atoms with E-state index in [0.29, 0.717) is 0 Å². The smallest absolute Gasteiger partial charge is 0.315 e. The number of ether oxygens (including phenoxy) is 1. The van der Waals surface area contributed by atoms with Crippen molar-refractivity contribution < 1.29 is 14.6 Å². The van der Waals surface area contributed by atoms with Gasteiger partial charge in [-0.15, -0.1) is 0 Å². The highest BCUT2D eigenvalue weighted by atomic mass is 16.6. The summed E-state index contributed by atoms with van der Waals surface area (Å²) < 4.78 is 5.23. The van der Waals surface area contributed by atoms with Crippen molar-refractivity contribution >= 4 is 5.97 Å². The number of nitriles is 1. The van der Waals surface area contributed by atoms with E-state index in [0.717, 1.165) is 5.56 Å². The summed E-state index contributed by atoms with van der Waals surface area (Å²) in [6.07, 6.45) is 0.135. The molecule has 0 radical (unpaired) electrons. The molecule has 20 heavy (non-hydrogen) atoms. The summed E-state index contributed by atoms with van der Waals surface area (Å²) in [6, 6.07) is 10.6. The average molecular weight is 276 g/mol. The largest absolute Gasteiger partial charge is 0.460 e. The van der Waals surface area contributed by atoms with Gasteiger partial charge in [0.2, 0.25) is 5.72 Å². The molecule has 0 amide bonds. The van der Waals surface area contributed by atoms with Crippen LogP contribution >= 0.6 is 0 Å². The fraction of sp³-hybridized carbons (Fsp3) is 0.467. The van der Waals surface area contributed by atoms with Gasteiger partial charge < -0.3 is 9.84 Å². The second-order valence-corrected chi connectivity index (χ2v) is 5.71. The highest BCUT2D eigenvalue weighted by Crippen LogP contribution is 2.22. The van der Waals surface area contributed by atoms with E-state index in [1.807, 2.05) is 18.2 Å². The molecule has 1 aromatic carbocycles. The van der Waals surface area contributed by atoms with E-state index in [4.69, 9.17) is 15.7 Å². The zero-order chi connectivity index (χ0) is 15.4. The highest BCUT2D eigenvalue weighted by molar-refractivity contribution is 5.75. The molecule has 5 nitrogen and oxygen atoms in total. The Balaban J connectivity index is 2.99. The van der Waals surface area contributed by atoms with Crippen LogP contribution in [-0.2, 0) is 16.0 Å². The van der Waals surface area contributed by atoms with Crippen LogP contribution < -0.4 is 5.73 Å². The molecule has 108 valence electrons. The van der Waals surface area contributed by atoms with Gasteiger partial charge in [0, 0.05) is 0 Å². The molecule has 5 heteroatoms. The molecule has 0 fully saturated rings. The molecule has 3 N–H and O–H groups in total. The third-order valence-corrected chi connectivity index (χ3v) is 2.68. The van der Waals surface area contributed by atoms with Crippen LogP contribution in [0.5, 0.6) is 0 Å². The molecule has 0 aliphatic carbocycles. The summed E-state index contributed by atoms with van der Waals surface area (Å²) in [5, 5.41) is 18.9. The molecule has 0 aromatic heterocycles. The summed E-state index contributed by atoms with van der Waals surface area (Å²) >= 11 is 0. The number of hydrogen-bond acceptors (Lipinski definition) is 5. The summed E-state index contributed by atoms with van der Waals surface area (Å²) in [4.78, 5) is 12.2. The molecule has 0 heterocycles. The van der Waals surface area contributed by atoms with Crippen LogP contribution in [0.1, 0.15) is 26.3 Å². The molecule has 0 bridgehead atoms. The quantitative estimate of drug-likeness (QED) is 0.491. The van der Waals surface area contributed by atoms with Gasteiger partial charge in [0.1, 0.15) is 17.6 Å². The maximum Gasteiger partial charge on any atom is 0.315 e. The number of carbonyl (C=O) groups excluding carboxylic acids is 1. The van der Waals surface area contributed by atoms with Gasteiger partial charge in [0.15, 0.2) is 0 Å². The van der Waals surface area contributed by atoms with Crippen LogP contribution in [0.3, 0.4) is 0 Å². The normalized spacial score (nSPS) is 15.8. The van der Waals surface area contributed by atoms with E-state index >= 15 is 0 Å². The lowest BCUT2D eigenvalue weighted by Gasteiger charge is -2.28. The molecule has 0 aliphatic rings. The third-order valence-electron chi connectivity index (χ3n) is 2.68. The standard InChI is InChI=1S/C15H20N2O3/c1-14(2,3)20-13(18)12(15(17,19)10-16)9-11-7-5-4-6-8-11/h4-8,12,19H,9,17H2,1-3H3/t12-,15?/m1/s1. The number of benzene rings is 1. The van der Waals surface area contributed by atoms with E-state index in [1.54, 1.807) is 39.0 Å². The minimum Gasteiger partial charge on any atom is -0.460 e. The first-order valence-electron chi connectivity index (χ1n) is 6.35. The predicted molar refractivity (Wildman–Crippen MR) is 74.2 cm³/mol. The van der Waals surface area contributed by atoms with Crippen molar-refractivity contribution in [2.45, 2.75) is 38.5 Å². The summed E-state index contributed by atoms with van der Waals surface area (Å²) in [7, 11) is 0. The Kier molecular flexibility index (Phi) is 4.88. The maximum absolute atomic E-state index is 12.2. The molecule has 1 unspecified atom stereocenters. The number of nitrogens with zero attached hydrogens (tertiary/aromatic N) is 1. The summed E-state index contributed by atoms with van der Waals surface area (Å²) in [5.74, 6) is -1.83. The Bertz CT molecular complexity index is 498. The first-order chi connectivity index (χ1) is 9.15. The van der Waals surface area contributed by atoms with Crippen molar-refractivity contribution in [2.24, 2.45) is 11.7 Å². The van der Waals surface area contributed by atoms with Crippen molar-refractivity contribution in [1.29, 1.82) is 5.26 Å². The van der Waals surface area contributed by atoms with Crippen molar-refractivity contribution in [3.63, 3.8) is 0 Å². The van der Waals surface area contributed by atoms with Crippen molar-refractivity contribution in [3.05, 3.63) is 35.9 Å². The number of hydrogen-bond donors (Lipinski definition) is 2. The van der Waals surface area contributed by atoms with E-state index < -0.39 is 23.2 Å². The molecule has 2 atom stereocenters. The fourth-order valence-corrected chi connectivity index (χ4v) is 1.72. The Morgan fingerprint density at radius 2 is 1.95 bits per heavy atom. The van der Waals surface area contributed by atoms with Gasteiger partial charge in [-0.2, -0.15) is 5.26 Å². The second kappa shape index (κ2) is 6.04. The van der Waals surface area contributed by atoms with Gasteiger partial charge in [-0.3, -0.25) is 10.5 Å². The minimum absolute atomic E-state index is 0.135. The van der Waals surface area contributed by atoms with Gasteiger partial charge in [-0.05, 0) is 32.8 Å². The lowest BCUT2D eigenvalue weighted by molar-refractivity contribution is -0.166. The van der Waals surface area contributed by atoms with Crippen molar-refractivity contribution in [2.75, 3.05) is 0 Å². The minimum atomic E-state index is -2.27. The van der Waals surface area contributed by atoms with Crippen molar-refractivity contribution in [3.8, 4) is 6.07 Å². The van der Waals surface area contributed by atoms with E-state index in [2.05, 4.69) is 0 Å². The summed E-state index contributed by atoms with van der Waals surface area (Å²) in [6.45, 7) is 5.14. The Hall–Kier alpha value is -1.90. The van der Waals surface area contributed by atoms with Gasteiger partial charge in [0.25, 0.3) is 0 Å². The first kappa shape index (κ1) is 16.2. The molecule has 0 aliphatic heterocycles. The third kappa shape index (κ3) is 4.65. The molecular formula is C15H20N2O3. The molecule has 0 saturated carbocycles. The van der Waals surface area contributed by atoms with E-state index in [9.17, 15) is 9.90 Å². The fourth-order valence-electron chi connectivity index (χ4n) is 1.72. The number of nitrogens with two attached hydrogens (primary N) is 1. The molecule has 0 saturated heterocycles. The number of rotatable bonds is 4. The Morgan fingerprint density at radius 1 is 1.40 bits per heavy atom. The van der Waals surface area contributed by atoms with Gasteiger partial charge in [-0.1, -0.05) is 30.3 Å². The van der Waals surface area contributed by atoms with Crippen LogP contribution in [0.4, 0.5) is 0 Å². The van der Waals surface area contributed by atoms with Crippen LogP contribution in [0.25, 0.3) is 0 Å². The zero-order valence-corrected chi connectivity index (χ0v) is 12.0. The van der Waals surface area contributed by atoms with Gasteiger partial charge in [-0.25, -0.2) is 0 Å². The summed E-state index contributed by atoms with van der Waals surface area (Å²) in [5.41, 5.74) is 3.34. The topological polar surface area (TPSA) is 96.3 Å². The number of aliphatic hydroxyl groups is 1. The van der Waals surface area contributed by atoms with E-state index in [-0.39, 0.29) is 6.42 Å². The molecule has 1 aromatic rings. The van der Waals surface area contributed by atoms with E-state index in [1.165, 1.54) is 0 Å². The van der Waals surface area contributed by atoms with Gasteiger partial charge >= 0.3 is 5.97 Å².